The van der Waals surface area contributed by atoms with Gasteiger partial charge in [-0.2, -0.15) is 8.42 Å². The number of unbranched alkanes of at least 4 members (excludes halogenated alkanes) is 5. The van der Waals surface area contributed by atoms with E-state index in [1.54, 1.807) is 0 Å². The molecule has 0 radical (unpaired) electrons. The van der Waals surface area contributed by atoms with Crippen molar-refractivity contribution in [3.05, 3.63) is 0 Å². The Morgan fingerprint density at radius 2 is 1.56 bits per heavy atom. The summed E-state index contributed by atoms with van der Waals surface area (Å²) in [5.74, 6) is 0. The van der Waals surface area contributed by atoms with Gasteiger partial charge in [-0.1, -0.05) is 32.6 Å². The largest absolute Gasteiger partial charge is 0.399 e. The van der Waals surface area contributed by atoms with E-state index in [1.807, 2.05) is 0 Å². The highest BCUT2D eigenvalue weighted by molar-refractivity contribution is 7.81. The molecule has 0 fully saturated rings. The summed E-state index contributed by atoms with van der Waals surface area (Å²) in [4.78, 5) is 0. The van der Waals surface area contributed by atoms with E-state index in [0.717, 1.165) is 39.5 Å². The predicted molar refractivity (Wildman–Crippen MR) is 72.7 cm³/mol. The van der Waals surface area contributed by atoms with Crippen LogP contribution in [0.15, 0.2) is 0 Å². The van der Waals surface area contributed by atoms with Gasteiger partial charge >= 0.3 is 10.4 Å². The highest BCUT2D eigenvalue weighted by atomic mass is 32.3. The maximum absolute atomic E-state index is 10.8. The highest BCUT2D eigenvalue weighted by Crippen LogP contribution is 2.04. The maximum atomic E-state index is 10.8. The molecular formula is C12H27NO4S. The van der Waals surface area contributed by atoms with Gasteiger partial charge in [-0.15, -0.1) is 0 Å². The van der Waals surface area contributed by atoms with E-state index in [9.17, 15) is 8.42 Å². The van der Waals surface area contributed by atoms with E-state index < -0.39 is 10.4 Å². The van der Waals surface area contributed by atoms with Crippen molar-refractivity contribution in [3.8, 4) is 0 Å². The van der Waals surface area contributed by atoms with Gasteiger partial charge in [-0.3, -0.25) is 4.18 Å². The molecular weight excluding hydrogens is 254 g/mol. The first-order valence-corrected chi connectivity index (χ1v) is 8.11. The fourth-order valence-electron chi connectivity index (χ4n) is 1.52. The van der Waals surface area contributed by atoms with Crippen molar-refractivity contribution >= 4 is 10.4 Å². The number of rotatable bonds is 13. The van der Waals surface area contributed by atoms with Crippen molar-refractivity contribution in [2.75, 3.05) is 26.8 Å². The smallest absolute Gasteiger partial charge is 0.317 e. The topological polar surface area (TPSA) is 64.6 Å². The predicted octanol–water partition coefficient (Wildman–Crippen LogP) is 2.23. The van der Waals surface area contributed by atoms with Crippen LogP contribution < -0.4 is 5.32 Å². The van der Waals surface area contributed by atoms with Crippen molar-refractivity contribution in [3.63, 3.8) is 0 Å². The van der Waals surface area contributed by atoms with E-state index in [1.165, 1.54) is 25.7 Å². The lowest BCUT2D eigenvalue weighted by atomic mass is 10.1. The Labute approximate surface area is 112 Å². The summed E-state index contributed by atoms with van der Waals surface area (Å²) >= 11 is 0. The fraction of sp³-hybridized carbons (Fsp3) is 1.00. The first-order valence-electron chi connectivity index (χ1n) is 6.78. The van der Waals surface area contributed by atoms with E-state index in [4.69, 9.17) is 0 Å². The molecule has 0 amide bonds. The molecule has 0 aliphatic carbocycles. The first kappa shape index (κ1) is 17.8. The zero-order valence-electron chi connectivity index (χ0n) is 11.6. The van der Waals surface area contributed by atoms with Gasteiger partial charge < -0.3 is 5.32 Å². The van der Waals surface area contributed by atoms with Gasteiger partial charge in [0, 0.05) is 0 Å². The molecule has 0 bridgehead atoms. The third-order valence-electron chi connectivity index (χ3n) is 2.64. The van der Waals surface area contributed by atoms with Gasteiger partial charge in [0.05, 0.1) is 13.7 Å². The quantitative estimate of drug-likeness (QED) is 0.524. The van der Waals surface area contributed by atoms with Crippen molar-refractivity contribution in [2.45, 2.75) is 51.9 Å². The average Bonchev–Trinajstić information content (AvgIpc) is 2.36. The van der Waals surface area contributed by atoms with Crippen LogP contribution in [-0.2, 0) is 18.8 Å². The Morgan fingerprint density at radius 3 is 2.22 bits per heavy atom. The van der Waals surface area contributed by atoms with Crippen molar-refractivity contribution in [1.82, 2.24) is 5.32 Å². The Morgan fingerprint density at radius 1 is 0.944 bits per heavy atom. The minimum Gasteiger partial charge on any atom is -0.317 e. The summed E-state index contributed by atoms with van der Waals surface area (Å²) in [6.45, 7) is 4.59. The van der Waals surface area contributed by atoms with Crippen LogP contribution >= 0.6 is 0 Å². The fourth-order valence-corrected chi connectivity index (χ4v) is 1.94. The lowest BCUT2D eigenvalue weighted by molar-refractivity contribution is 0.238. The number of nitrogens with one attached hydrogen (secondary N) is 1. The van der Waals surface area contributed by atoms with Crippen molar-refractivity contribution in [2.24, 2.45) is 0 Å². The molecule has 0 saturated heterocycles. The molecule has 0 aliphatic heterocycles. The van der Waals surface area contributed by atoms with E-state index in [-0.39, 0.29) is 6.61 Å². The molecule has 18 heavy (non-hydrogen) atoms. The monoisotopic (exact) mass is 281 g/mol. The van der Waals surface area contributed by atoms with Crippen LogP contribution in [-0.4, -0.2) is 35.2 Å². The molecule has 0 atom stereocenters. The summed E-state index contributed by atoms with van der Waals surface area (Å²) < 4.78 is 30.4. The second-order valence-electron chi connectivity index (χ2n) is 4.27. The molecule has 0 aromatic carbocycles. The molecule has 0 spiro atoms. The third kappa shape index (κ3) is 12.3. The second-order valence-corrected chi connectivity index (χ2v) is 5.65. The normalized spacial score (nSPS) is 11.9. The van der Waals surface area contributed by atoms with E-state index >= 15 is 0 Å². The summed E-state index contributed by atoms with van der Waals surface area (Å²) in [5, 5.41) is 3.40. The molecule has 0 aromatic rings. The number of hydrogen-bond donors (Lipinski definition) is 1. The standard InChI is InChI=1S/C12H27NO4S/c1-3-4-10-13-11-8-6-5-7-9-12-17-18(14,15)16-2/h13H,3-12H2,1-2H3. The van der Waals surface area contributed by atoms with Crippen molar-refractivity contribution in [1.29, 1.82) is 0 Å². The van der Waals surface area contributed by atoms with Crippen LogP contribution in [0.3, 0.4) is 0 Å². The van der Waals surface area contributed by atoms with Crippen LogP contribution in [0.4, 0.5) is 0 Å². The Kier molecular flexibility index (Phi) is 11.8. The summed E-state index contributed by atoms with van der Waals surface area (Å²) in [6.07, 6.45) is 7.70. The zero-order valence-corrected chi connectivity index (χ0v) is 12.4. The van der Waals surface area contributed by atoms with Crippen LogP contribution in [0.1, 0.15) is 51.9 Å². The molecule has 0 aliphatic rings. The molecule has 110 valence electrons. The molecule has 0 saturated carbocycles. The van der Waals surface area contributed by atoms with E-state index in [2.05, 4.69) is 20.6 Å². The number of hydrogen-bond acceptors (Lipinski definition) is 5. The Balaban J connectivity index is 3.12. The molecule has 0 heterocycles. The highest BCUT2D eigenvalue weighted by Gasteiger charge is 2.07. The van der Waals surface area contributed by atoms with Gasteiger partial charge in [0.1, 0.15) is 0 Å². The van der Waals surface area contributed by atoms with Crippen LogP contribution in [0, 0.1) is 0 Å². The first-order chi connectivity index (χ1) is 8.62. The van der Waals surface area contributed by atoms with Crippen LogP contribution in [0.25, 0.3) is 0 Å². The second kappa shape index (κ2) is 11.9. The maximum Gasteiger partial charge on any atom is 0.399 e. The molecule has 0 aromatic heterocycles. The van der Waals surface area contributed by atoms with Crippen molar-refractivity contribution < 1.29 is 16.8 Å². The molecule has 0 unspecified atom stereocenters. The third-order valence-corrected chi connectivity index (χ3v) is 3.50. The van der Waals surface area contributed by atoms with Crippen LogP contribution in [0.2, 0.25) is 0 Å². The minimum absolute atomic E-state index is 0.213. The molecule has 5 nitrogen and oxygen atoms in total. The minimum atomic E-state index is -3.74. The molecule has 1 N–H and O–H groups in total. The summed E-state index contributed by atoms with van der Waals surface area (Å²) in [7, 11) is -2.64. The van der Waals surface area contributed by atoms with Gasteiger partial charge in [-0.05, 0) is 32.4 Å². The lowest BCUT2D eigenvalue weighted by Gasteiger charge is -2.04. The van der Waals surface area contributed by atoms with Gasteiger partial charge in [0.25, 0.3) is 0 Å². The SMILES string of the molecule is CCCCNCCCCCCCOS(=O)(=O)OC. The van der Waals surface area contributed by atoms with Crippen LogP contribution in [0.5, 0.6) is 0 Å². The van der Waals surface area contributed by atoms with Gasteiger partial charge in [0.2, 0.25) is 0 Å². The van der Waals surface area contributed by atoms with Gasteiger partial charge in [0.15, 0.2) is 0 Å². The summed E-state index contributed by atoms with van der Waals surface area (Å²) in [6, 6.07) is 0. The Hall–Kier alpha value is -0.170. The lowest BCUT2D eigenvalue weighted by Crippen LogP contribution is -2.16. The average molecular weight is 281 g/mol. The van der Waals surface area contributed by atoms with E-state index in [0.29, 0.717) is 0 Å². The molecule has 6 heteroatoms. The van der Waals surface area contributed by atoms with Gasteiger partial charge in [-0.25, -0.2) is 4.18 Å². The summed E-state index contributed by atoms with van der Waals surface area (Å²) in [5.41, 5.74) is 0. The zero-order chi connectivity index (χ0) is 13.7. The molecule has 0 rings (SSSR count). The Bertz CT molecular complexity index is 267.